The lowest BCUT2D eigenvalue weighted by Crippen LogP contribution is -2.12. The number of hydrogen-bond donors (Lipinski definition) is 0. The summed E-state index contributed by atoms with van der Waals surface area (Å²) in [5, 5.41) is 0. The summed E-state index contributed by atoms with van der Waals surface area (Å²) in [5.74, 6) is 0.258. The minimum atomic E-state index is -0.283. The first kappa shape index (κ1) is 8.90. The summed E-state index contributed by atoms with van der Waals surface area (Å²) >= 11 is 0. The van der Waals surface area contributed by atoms with Crippen molar-refractivity contribution >= 4 is 5.97 Å². The molecule has 68 valence electrons. The SMILES string of the molecule is CCOC(=O)CC1=COCCO1. The average Bonchev–Trinajstić information content (AvgIpc) is 2.06. The van der Waals surface area contributed by atoms with Crippen LogP contribution in [-0.2, 0) is 19.0 Å². The molecule has 0 atom stereocenters. The van der Waals surface area contributed by atoms with Crippen molar-refractivity contribution in [3.63, 3.8) is 0 Å². The van der Waals surface area contributed by atoms with Gasteiger partial charge >= 0.3 is 5.97 Å². The van der Waals surface area contributed by atoms with E-state index in [0.717, 1.165) is 0 Å². The zero-order chi connectivity index (χ0) is 8.81. The zero-order valence-electron chi connectivity index (χ0n) is 7.04. The molecule has 0 saturated heterocycles. The second kappa shape index (κ2) is 4.64. The molecular weight excluding hydrogens is 160 g/mol. The van der Waals surface area contributed by atoms with E-state index in [1.54, 1.807) is 6.92 Å². The van der Waals surface area contributed by atoms with E-state index in [9.17, 15) is 4.79 Å². The molecule has 0 bridgehead atoms. The van der Waals surface area contributed by atoms with Crippen LogP contribution in [0.1, 0.15) is 13.3 Å². The Kier molecular flexibility index (Phi) is 3.44. The number of hydrogen-bond acceptors (Lipinski definition) is 4. The molecule has 1 heterocycles. The van der Waals surface area contributed by atoms with E-state index in [-0.39, 0.29) is 12.4 Å². The first-order valence-corrected chi connectivity index (χ1v) is 3.92. The third-order valence-corrected chi connectivity index (χ3v) is 1.33. The maximum atomic E-state index is 10.9. The van der Waals surface area contributed by atoms with Crippen LogP contribution < -0.4 is 0 Å². The number of carbonyl (C=O) groups is 1. The Hall–Kier alpha value is -1.19. The topological polar surface area (TPSA) is 44.8 Å². The van der Waals surface area contributed by atoms with Gasteiger partial charge in [-0.3, -0.25) is 4.79 Å². The molecule has 0 aliphatic carbocycles. The molecule has 0 amide bonds. The lowest BCUT2D eigenvalue weighted by atomic mass is 10.3. The van der Waals surface area contributed by atoms with Crippen LogP contribution in [0.2, 0.25) is 0 Å². The van der Waals surface area contributed by atoms with Crippen LogP contribution in [0.3, 0.4) is 0 Å². The van der Waals surface area contributed by atoms with Gasteiger partial charge in [0.1, 0.15) is 31.7 Å². The molecule has 1 rings (SSSR count). The van der Waals surface area contributed by atoms with Crippen LogP contribution in [-0.4, -0.2) is 25.8 Å². The quantitative estimate of drug-likeness (QED) is 0.591. The molecule has 1 aliphatic rings. The molecule has 0 spiro atoms. The van der Waals surface area contributed by atoms with E-state index >= 15 is 0 Å². The van der Waals surface area contributed by atoms with E-state index in [1.165, 1.54) is 6.26 Å². The molecule has 4 heteroatoms. The van der Waals surface area contributed by atoms with Crippen molar-refractivity contribution in [2.45, 2.75) is 13.3 Å². The molecule has 0 N–H and O–H groups in total. The minimum absolute atomic E-state index is 0.161. The van der Waals surface area contributed by atoms with Crippen LogP contribution in [0.15, 0.2) is 12.0 Å². The second-order valence-corrected chi connectivity index (χ2v) is 2.29. The third kappa shape index (κ3) is 2.82. The van der Waals surface area contributed by atoms with Crippen molar-refractivity contribution < 1.29 is 19.0 Å². The van der Waals surface area contributed by atoms with Crippen LogP contribution in [0.5, 0.6) is 0 Å². The Morgan fingerprint density at radius 1 is 1.67 bits per heavy atom. The number of rotatable bonds is 3. The van der Waals surface area contributed by atoms with Crippen LogP contribution in [0.4, 0.5) is 0 Å². The van der Waals surface area contributed by atoms with E-state index in [1.807, 2.05) is 0 Å². The molecule has 1 aliphatic heterocycles. The molecule has 4 nitrogen and oxygen atoms in total. The highest BCUT2D eigenvalue weighted by Gasteiger charge is 2.10. The van der Waals surface area contributed by atoms with Gasteiger partial charge in [-0.05, 0) is 6.92 Å². The monoisotopic (exact) mass is 172 g/mol. The molecular formula is C8H12O4. The number of ether oxygens (including phenoxy) is 3. The lowest BCUT2D eigenvalue weighted by molar-refractivity contribution is -0.143. The van der Waals surface area contributed by atoms with Crippen LogP contribution >= 0.6 is 0 Å². The van der Waals surface area contributed by atoms with Crippen molar-refractivity contribution in [3.8, 4) is 0 Å². The van der Waals surface area contributed by atoms with E-state index in [0.29, 0.717) is 25.6 Å². The van der Waals surface area contributed by atoms with E-state index in [4.69, 9.17) is 14.2 Å². The number of carbonyl (C=O) groups excluding carboxylic acids is 1. The van der Waals surface area contributed by atoms with Gasteiger partial charge in [0.25, 0.3) is 0 Å². The Labute approximate surface area is 71.1 Å². The molecule has 0 aromatic rings. The van der Waals surface area contributed by atoms with Gasteiger partial charge in [-0.2, -0.15) is 0 Å². The zero-order valence-corrected chi connectivity index (χ0v) is 7.04. The maximum Gasteiger partial charge on any atom is 0.313 e. The minimum Gasteiger partial charge on any atom is -0.494 e. The molecule has 0 saturated carbocycles. The van der Waals surface area contributed by atoms with Gasteiger partial charge in [0.15, 0.2) is 0 Å². The van der Waals surface area contributed by atoms with Gasteiger partial charge in [-0.1, -0.05) is 0 Å². The fourth-order valence-electron chi connectivity index (χ4n) is 0.854. The van der Waals surface area contributed by atoms with Gasteiger partial charge in [0.2, 0.25) is 0 Å². The van der Waals surface area contributed by atoms with Gasteiger partial charge in [0, 0.05) is 0 Å². The van der Waals surface area contributed by atoms with Crippen molar-refractivity contribution in [3.05, 3.63) is 12.0 Å². The smallest absolute Gasteiger partial charge is 0.313 e. The van der Waals surface area contributed by atoms with Crippen molar-refractivity contribution in [2.24, 2.45) is 0 Å². The summed E-state index contributed by atoms with van der Waals surface area (Å²) in [5.41, 5.74) is 0. The predicted octanol–water partition coefficient (Wildman–Crippen LogP) is 0.828. The van der Waals surface area contributed by atoms with Crippen molar-refractivity contribution in [2.75, 3.05) is 19.8 Å². The Morgan fingerprint density at radius 2 is 2.50 bits per heavy atom. The molecule has 0 aromatic heterocycles. The summed E-state index contributed by atoms with van der Waals surface area (Å²) in [7, 11) is 0. The molecule has 12 heavy (non-hydrogen) atoms. The Morgan fingerprint density at radius 3 is 3.08 bits per heavy atom. The van der Waals surface area contributed by atoms with Gasteiger partial charge < -0.3 is 14.2 Å². The van der Waals surface area contributed by atoms with Gasteiger partial charge in [-0.15, -0.1) is 0 Å². The Bertz CT molecular complexity index is 185. The normalized spacial score (nSPS) is 15.6. The first-order valence-electron chi connectivity index (χ1n) is 3.92. The van der Waals surface area contributed by atoms with Gasteiger partial charge in [0.05, 0.1) is 6.61 Å². The largest absolute Gasteiger partial charge is 0.494 e. The fraction of sp³-hybridized carbons (Fsp3) is 0.625. The highest BCUT2D eigenvalue weighted by atomic mass is 16.6. The number of esters is 1. The average molecular weight is 172 g/mol. The molecule has 0 radical (unpaired) electrons. The van der Waals surface area contributed by atoms with Gasteiger partial charge in [-0.25, -0.2) is 0 Å². The first-order chi connectivity index (χ1) is 5.83. The highest BCUT2D eigenvalue weighted by Crippen LogP contribution is 2.09. The summed E-state index contributed by atoms with van der Waals surface area (Å²) in [4.78, 5) is 10.9. The van der Waals surface area contributed by atoms with Crippen molar-refractivity contribution in [1.82, 2.24) is 0 Å². The standard InChI is InChI=1S/C8H12O4/c1-2-11-8(9)5-7-6-10-3-4-12-7/h6H,2-5H2,1H3. The fourth-order valence-corrected chi connectivity index (χ4v) is 0.854. The van der Waals surface area contributed by atoms with E-state index in [2.05, 4.69) is 0 Å². The highest BCUT2D eigenvalue weighted by molar-refractivity contribution is 5.71. The lowest BCUT2D eigenvalue weighted by Gasteiger charge is -2.14. The summed E-state index contributed by atoms with van der Waals surface area (Å²) in [6, 6.07) is 0. The molecule has 0 aromatic carbocycles. The second-order valence-electron chi connectivity index (χ2n) is 2.29. The van der Waals surface area contributed by atoms with E-state index < -0.39 is 0 Å². The third-order valence-electron chi connectivity index (χ3n) is 1.33. The summed E-state index contributed by atoms with van der Waals surface area (Å²) in [6.45, 7) is 3.22. The van der Waals surface area contributed by atoms with Crippen molar-refractivity contribution in [1.29, 1.82) is 0 Å². The maximum absolute atomic E-state index is 10.9. The van der Waals surface area contributed by atoms with Crippen LogP contribution in [0, 0.1) is 0 Å². The molecule has 0 unspecified atom stereocenters. The summed E-state index contributed by atoms with van der Waals surface area (Å²) in [6.07, 6.45) is 1.62. The summed E-state index contributed by atoms with van der Waals surface area (Å²) < 4.78 is 14.8. The van der Waals surface area contributed by atoms with Crippen LogP contribution in [0.25, 0.3) is 0 Å². The Balaban J connectivity index is 2.29. The predicted molar refractivity (Wildman–Crippen MR) is 41.2 cm³/mol. The molecule has 0 fully saturated rings.